The lowest BCUT2D eigenvalue weighted by Crippen LogP contribution is -2.49. The Bertz CT molecular complexity index is 694. The summed E-state index contributed by atoms with van der Waals surface area (Å²) in [5.74, 6) is 0.341. The third-order valence-electron chi connectivity index (χ3n) is 6.76. The molecular weight excluding hydrogens is 354 g/mol. The molecular formula is C22H31N3O3. The van der Waals surface area contributed by atoms with E-state index in [0.29, 0.717) is 11.5 Å². The van der Waals surface area contributed by atoms with Gasteiger partial charge in [0.2, 0.25) is 5.91 Å². The molecule has 3 heterocycles. The van der Waals surface area contributed by atoms with E-state index in [1.54, 1.807) is 6.20 Å². The summed E-state index contributed by atoms with van der Waals surface area (Å²) >= 11 is 0. The lowest BCUT2D eigenvalue weighted by molar-refractivity contribution is -0.141. The van der Waals surface area contributed by atoms with Gasteiger partial charge in [-0.25, -0.2) is 0 Å². The molecule has 0 atom stereocenters. The van der Waals surface area contributed by atoms with Crippen molar-refractivity contribution >= 4 is 11.8 Å². The lowest BCUT2D eigenvalue weighted by Gasteiger charge is -2.40. The minimum Gasteiger partial charge on any atom is -0.375 e. The number of amides is 2. The van der Waals surface area contributed by atoms with Crippen LogP contribution < -0.4 is 5.32 Å². The number of hydrogen-bond acceptors (Lipinski definition) is 4. The van der Waals surface area contributed by atoms with Crippen molar-refractivity contribution < 1.29 is 14.3 Å². The molecule has 0 radical (unpaired) electrons. The van der Waals surface area contributed by atoms with E-state index in [2.05, 4.69) is 15.2 Å². The van der Waals surface area contributed by atoms with Crippen molar-refractivity contribution in [1.29, 1.82) is 0 Å². The maximum Gasteiger partial charge on any atom is 0.253 e. The topological polar surface area (TPSA) is 71.5 Å². The number of carbonyl (C=O) groups is 2. The van der Waals surface area contributed by atoms with Gasteiger partial charge in [0.15, 0.2) is 0 Å². The zero-order valence-corrected chi connectivity index (χ0v) is 16.8. The maximum atomic E-state index is 12.9. The van der Waals surface area contributed by atoms with Crippen LogP contribution in [0.2, 0.25) is 0 Å². The Hall–Kier alpha value is -1.95. The van der Waals surface area contributed by atoms with Gasteiger partial charge >= 0.3 is 0 Å². The minimum absolute atomic E-state index is 0.0591. The molecule has 1 N–H and O–H groups in total. The molecule has 0 bridgehead atoms. The second-order valence-electron chi connectivity index (χ2n) is 8.67. The molecule has 3 aliphatic rings. The summed E-state index contributed by atoms with van der Waals surface area (Å²) in [5.41, 5.74) is 1.56. The summed E-state index contributed by atoms with van der Waals surface area (Å²) in [5, 5.41) is 3.11. The summed E-state index contributed by atoms with van der Waals surface area (Å²) in [6.07, 6.45) is 9.33. The largest absolute Gasteiger partial charge is 0.375 e. The first-order valence-corrected chi connectivity index (χ1v) is 10.7. The Morgan fingerprint density at radius 2 is 1.89 bits per heavy atom. The zero-order valence-electron chi connectivity index (χ0n) is 16.8. The van der Waals surface area contributed by atoms with E-state index < -0.39 is 0 Å². The van der Waals surface area contributed by atoms with Gasteiger partial charge in [0.05, 0.1) is 11.2 Å². The Morgan fingerprint density at radius 3 is 2.50 bits per heavy atom. The number of aryl methyl sites for hydroxylation is 1. The van der Waals surface area contributed by atoms with Gasteiger partial charge in [-0.15, -0.1) is 0 Å². The van der Waals surface area contributed by atoms with Crippen molar-refractivity contribution in [2.24, 2.45) is 5.92 Å². The van der Waals surface area contributed by atoms with Gasteiger partial charge in [0.1, 0.15) is 0 Å². The Kier molecular flexibility index (Phi) is 5.67. The molecule has 1 aliphatic carbocycles. The van der Waals surface area contributed by atoms with Crippen LogP contribution in [0.3, 0.4) is 0 Å². The molecule has 0 unspecified atom stereocenters. The van der Waals surface area contributed by atoms with Crippen molar-refractivity contribution in [3.05, 3.63) is 29.6 Å². The van der Waals surface area contributed by atoms with Crippen molar-refractivity contribution in [3.8, 4) is 0 Å². The summed E-state index contributed by atoms with van der Waals surface area (Å²) in [7, 11) is 0. The quantitative estimate of drug-likeness (QED) is 0.868. The highest BCUT2D eigenvalue weighted by Gasteiger charge is 2.40. The highest BCUT2D eigenvalue weighted by atomic mass is 16.5. The van der Waals surface area contributed by atoms with Gasteiger partial charge < -0.3 is 15.0 Å². The van der Waals surface area contributed by atoms with Crippen LogP contribution in [0, 0.1) is 12.8 Å². The molecule has 152 valence electrons. The van der Waals surface area contributed by atoms with E-state index in [4.69, 9.17) is 4.74 Å². The average molecular weight is 386 g/mol. The monoisotopic (exact) mass is 385 g/mol. The summed E-state index contributed by atoms with van der Waals surface area (Å²) in [6, 6.07) is 3.81. The van der Waals surface area contributed by atoms with Crippen molar-refractivity contribution in [2.45, 2.75) is 69.9 Å². The van der Waals surface area contributed by atoms with Gasteiger partial charge in [-0.3, -0.25) is 14.6 Å². The van der Waals surface area contributed by atoms with Crippen LogP contribution in [0.4, 0.5) is 0 Å². The van der Waals surface area contributed by atoms with Gasteiger partial charge in [-0.05, 0) is 70.4 Å². The number of rotatable bonds is 3. The SMILES string of the molecule is Cc1ccc(C(=O)NC2CCC(C(=O)N3CCC4(CCCO4)CC3)CC2)cn1. The molecule has 2 saturated heterocycles. The Balaban J connectivity index is 1.23. The van der Waals surface area contributed by atoms with Crippen LogP contribution in [0.1, 0.15) is 67.4 Å². The number of nitrogens with zero attached hydrogens (tertiary/aromatic N) is 2. The fourth-order valence-electron chi connectivity index (χ4n) is 4.90. The van der Waals surface area contributed by atoms with Gasteiger partial charge in [0.25, 0.3) is 5.91 Å². The first-order valence-electron chi connectivity index (χ1n) is 10.7. The summed E-state index contributed by atoms with van der Waals surface area (Å²) < 4.78 is 5.97. The molecule has 1 aromatic heterocycles. The predicted molar refractivity (Wildman–Crippen MR) is 106 cm³/mol. The molecule has 6 heteroatoms. The molecule has 3 fully saturated rings. The fourth-order valence-corrected chi connectivity index (χ4v) is 4.90. The van der Waals surface area contributed by atoms with E-state index in [1.807, 2.05) is 19.1 Å². The van der Waals surface area contributed by atoms with Crippen molar-refractivity contribution in [1.82, 2.24) is 15.2 Å². The molecule has 4 rings (SSSR count). The Labute approximate surface area is 167 Å². The Morgan fingerprint density at radius 1 is 1.14 bits per heavy atom. The molecule has 2 amide bonds. The normalized spacial score (nSPS) is 27.0. The van der Waals surface area contributed by atoms with Crippen molar-refractivity contribution in [2.75, 3.05) is 19.7 Å². The van der Waals surface area contributed by atoms with E-state index in [9.17, 15) is 9.59 Å². The molecule has 28 heavy (non-hydrogen) atoms. The number of likely N-dealkylation sites (tertiary alicyclic amines) is 1. The zero-order chi connectivity index (χ0) is 19.6. The number of ether oxygens (including phenoxy) is 1. The van der Waals surface area contributed by atoms with Crippen LogP contribution in [0.15, 0.2) is 18.3 Å². The fraction of sp³-hybridized carbons (Fsp3) is 0.682. The summed E-state index contributed by atoms with van der Waals surface area (Å²) in [6.45, 7) is 4.44. The molecule has 0 aromatic carbocycles. The number of pyridine rings is 1. The first-order chi connectivity index (χ1) is 13.5. The smallest absolute Gasteiger partial charge is 0.253 e. The van der Waals surface area contributed by atoms with E-state index in [-0.39, 0.29) is 23.5 Å². The van der Waals surface area contributed by atoms with Gasteiger partial charge in [-0.2, -0.15) is 0 Å². The standard InChI is InChI=1S/C22H31N3O3/c1-16-3-4-18(15-23-16)20(26)24-19-7-5-17(6-8-19)21(27)25-12-10-22(11-13-25)9-2-14-28-22/h3-4,15,17,19H,2,5-14H2,1H3,(H,24,26). The maximum absolute atomic E-state index is 12.9. The molecule has 1 aromatic rings. The van der Waals surface area contributed by atoms with E-state index in [0.717, 1.165) is 76.8 Å². The van der Waals surface area contributed by atoms with E-state index >= 15 is 0 Å². The average Bonchev–Trinajstić information content (AvgIpc) is 3.17. The second-order valence-corrected chi connectivity index (χ2v) is 8.67. The van der Waals surface area contributed by atoms with Crippen molar-refractivity contribution in [3.63, 3.8) is 0 Å². The van der Waals surface area contributed by atoms with Crippen LogP contribution in [0.25, 0.3) is 0 Å². The lowest BCUT2D eigenvalue weighted by atomic mass is 9.83. The van der Waals surface area contributed by atoms with Crippen LogP contribution in [-0.4, -0.2) is 53.0 Å². The van der Waals surface area contributed by atoms with Crippen LogP contribution in [0.5, 0.6) is 0 Å². The summed E-state index contributed by atoms with van der Waals surface area (Å²) in [4.78, 5) is 31.5. The number of hydrogen-bond donors (Lipinski definition) is 1. The number of aromatic nitrogens is 1. The van der Waals surface area contributed by atoms with E-state index in [1.165, 1.54) is 0 Å². The van der Waals surface area contributed by atoms with Gasteiger partial charge in [0, 0.05) is 43.5 Å². The highest BCUT2D eigenvalue weighted by Crippen LogP contribution is 2.36. The molecule has 1 spiro atoms. The predicted octanol–water partition coefficient (Wildman–Crippen LogP) is 2.85. The highest BCUT2D eigenvalue weighted by molar-refractivity contribution is 5.94. The third-order valence-corrected chi connectivity index (χ3v) is 6.76. The number of carbonyl (C=O) groups excluding carboxylic acids is 2. The van der Waals surface area contributed by atoms with Gasteiger partial charge in [-0.1, -0.05) is 0 Å². The van der Waals surface area contributed by atoms with Crippen LogP contribution in [-0.2, 0) is 9.53 Å². The number of nitrogens with one attached hydrogen (secondary N) is 1. The minimum atomic E-state index is -0.0693. The van der Waals surface area contributed by atoms with Crippen LogP contribution >= 0.6 is 0 Å². The molecule has 1 saturated carbocycles. The number of piperidine rings is 1. The third kappa shape index (κ3) is 4.22. The first kappa shape index (κ1) is 19.4. The molecule has 6 nitrogen and oxygen atoms in total. The second kappa shape index (κ2) is 8.19. The molecule has 2 aliphatic heterocycles.